The number of carboxylic acids is 1. The number of rotatable bonds is 21. The third-order valence-electron chi connectivity index (χ3n) is 9.44. The fourth-order valence-corrected chi connectivity index (χ4v) is 6.39. The lowest BCUT2D eigenvalue weighted by Gasteiger charge is -2.43. The first-order chi connectivity index (χ1) is 22.9. The Morgan fingerprint density at radius 3 is 1.79 bits per heavy atom. The van der Waals surface area contributed by atoms with Crippen LogP contribution in [-0.4, -0.2) is 140 Å². The third kappa shape index (κ3) is 11.4. The molecule has 3 rings (SSSR count). The van der Waals surface area contributed by atoms with Crippen LogP contribution in [0, 0.1) is 5.92 Å². The maximum absolute atomic E-state index is 11.6. The highest BCUT2D eigenvalue weighted by Crippen LogP contribution is 2.31. The molecule has 0 radical (unpaired) electrons. The topological polar surface area (TPSA) is 242 Å². The lowest BCUT2D eigenvalue weighted by molar-refractivity contribution is -0.335. The van der Waals surface area contributed by atoms with E-state index in [4.69, 9.17) is 23.7 Å². The van der Waals surface area contributed by atoms with Gasteiger partial charge in [-0.2, -0.15) is 0 Å². The molecular formula is C33H56O15. The average molecular weight is 693 g/mol. The molecule has 3 saturated heterocycles. The van der Waals surface area contributed by atoms with Crippen LogP contribution in [0.5, 0.6) is 0 Å². The number of aliphatic hydroxyl groups excluding tert-OH is 7. The number of carbonyl (C=O) groups is 2. The molecule has 0 saturated carbocycles. The number of cyclic esters (lactones) is 1. The van der Waals surface area contributed by atoms with Gasteiger partial charge in [0.2, 0.25) is 0 Å². The Balaban J connectivity index is 1.22. The highest BCUT2D eigenvalue weighted by Gasteiger charge is 2.48. The summed E-state index contributed by atoms with van der Waals surface area (Å²) < 4.78 is 27.4. The molecule has 10 unspecified atom stereocenters. The van der Waals surface area contributed by atoms with Crippen LogP contribution in [0.2, 0.25) is 0 Å². The summed E-state index contributed by atoms with van der Waals surface area (Å²) in [5.41, 5.74) is 0.0306. The van der Waals surface area contributed by atoms with Crippen molar-refractivity contribution in [2.24, 2.45) is 5.92 Å². The van der Waals surface area contributed by atoms with Gasteiger partial charge < -0.3 is 64.5 Å². The Labute approximate surface area is 281 Å². The highest BCUT2D eigenvalue weighted by atomic mass is 16.7. The summed E-state index contributed by atoms with van der Waals surface area (Å²) in [5, 5.41) is 79.9. The van der Waals surface area contributed by atoms with Gasteiger partial charge >= 0.3 is 11.9 Å². The fraction of sp³-hybridized carbons (Fsp3) is 0.879. The largest absolute Gasteiger partial charge is 0.481 e. The van der Waals surface area contributed by atoms with E-state index in [0.717, 1.165) is 70.6 Å². The zero-order chi connectivity index (χ0) is 35.4. The summed E-state index contributed by atoms with van der Waals surface area (Å²) in [7, 11) is 0. The zero-order valence-electron chi connectivity index (χ0n) is 27.8. The van der Waals surface area contributed by atoms with Crippen LogP contribution >= 0.6 is 0 Å². The molecule has 3 aliphatic rings. The van der Waals surface area contributed by atoms with Crippen LogP contribution in [0.3, 0.4) is 0 Å². The molecule has 0 amide bonds. The van der Waals surface area contributed by atoms with Gasteiger partial charge in [0.15, 0.2) is 12.6 Å². The SMILES string of the molecule is C=C1C(=O)O[C@@H](CCCCCCCCCCCCC[C@H](C)OC2OC(COC3OC(CO)C(O)C(O)C3O)C(O)C(O)C2O)[C@@H]1C(=O)O. The van der Waals surface area contributed by atoms with E-state index in [9.17, 15) is 50.4 Å². The molecule has 48 heavy (non-hydrogen) atoms. The first-order valence-corrected chi connectivity index (χ1v) is 17.3. The fourth-order valence-electron chi connectivity index (χ4n) is 6.39. The number of esters is 1. The number of hydrogen-bond donors (Lipinski definition) is 8. The molecule has 8 N–H and O–H groups in total. The summed E-state index contributed by atoms with van der Waals surface area (Å²) >= 11 is 0. The number of carboxylic acid groups (broad SMARTS) is 1. The molecule has 15 heteroatoms. The Hall–Kier alpha value is -1.76. The second-order valence-corrected chi connectivity index (χ2v) is 13.2. The summed E-state index contributed by atoms with van der Waals surface area (Å²) in [6.07, 6.45) is -2.74. The van der Waals surface area contributed by atoms with Crippen molar-refractivity contribution in [1.82, 2.24) is 0 Å². The Morgan fingerprint density at radius 1 is 0.729 bits per heavy atom. The molecule has 0 aromatic carbocycles. The Kier molecular flexibility index (Phi) is 17.1. The van der Waals surface area contributed by atoms with Gasteiger partial charge in [0.25, 0.3) is 0 Å². The Bertz CT molecular complexity index is 994. The lowest BCUT2D eigenvalue weighted by atomic mass is 9.93. The molecule has 3 heterocycles. The number of unbranched alkanes of at least 4 members (excludes halogenated alkanes) is 10. The molecule has 278 valence electrons. The summed E-state index contributed by atoms with van der Waals surface area (Å²) in [5.74, 6) is -2.61. The van der Waals surface area contributed by atoms with E-state index >= 15 is 0 Å². The van der Waals surface area contributed by atoms with Crippen molar-refractivity contribution in [1.29, 1.82) is 0 Å². The van der Waals surface area contributed by atoms with Gasteiger partial charge in [0.05, 0.1) is 19.3 Å². The first kappa shape index (κ1) is 40.7. The van der Waals surface area contributed by atoms with Crippen molar-refractivity contribution in [2.45, 2.75) is 164 Å². The second kappa shape index (κ2) is 20.2. The van der Waals surface area contributed by atoms with Gasteiger partial charge in [-0.1, -0.05) is 70.8 Å². The van der Waals surface area contributed by atoms with E-state index < -0.39 is 98.6 Å². The van der Waals surface area contributed by atoms with Crippen molar-refractivity contribution in [3.8, 4) is 0 Å². The van der Waals surface area contributed by atoms with E-state index in [1.165, 1.54) is 0 Å². The van der Waals surface area contributed by atoms with Crippen molar-refractivity contribution >= 4 is 11.9 Å². The van der Waals surface area contributed by atoms with Gasteiger partial charge in [-0.05, 0) is 26.2 Å². The molecule has 0 aliphatic carbocycles. The van der Waals surface area contributed by atoms with Gasteiger partial charge in [-0.25, -0.2) is 4.79 Å². The van der Waals surface area contributed by atoms with Crippen LogP contribution in [0.4, 0.5) is 0 Å². The first-order valence-electron chi connectivity index (χ1n) is 17.3. The monoisotopic (exact) mass is 692 g/mol. The van der Waals surface area contributed by atoms with Gasteiger partial charge in [0, 0.05) is 5.57 Å². The van der Waals surface area contributed by atoms with Crippen LogP contribution in [0.25, 0.3) is 0 Å². The standard InChI is InChI=1S/C33H56O15/c1-18(14-12-10-8-6-4-3-5-7-9-11-13-15-20-23(30(41)42)19(2)31(43)46-20)45-33-29(40)27(38)25(36)22(48-33)17-44-32-28(39)26(37)24(35)21(16-34)47-32/h18,20-29,32-40H,2-17H2,1H3,(H,41,42)/t18-,20-,21?,22?,23+,24?,25?,26?,27?,28?,29?,32?,33?/m0/s1. The normalized spacial score (nSPS) is 36.2. The summed E-state index contributed by atoms with van der Waals surface area (Å²) in [4.78, 5) is 23.0. The minimum absolute atomic E-state index is 0.0306. The van der Waals surface area contributed by atoms with E-state index in [2.05, 4.69) is 6.58 Å². The molecule has 13 atom stereocenters. The molecule has 3 fully saturated rings. The number of hydrogen-bond acceptors (Lipinski definition) is 14. The van der Waals surface area contributed by atoms with E-state index in [-0.39, 0.29) is 11.7 Å². The highest BCUT2D eigenvalue weighted by molar-refractivity contribution is 5.97. The molecular weight excluding hydrogens is 636 g/mol. The van der Waals surface area contributed by atoms with Crippen molar-refractivity contribution in [3.63, 3.8) is 0 Å². The zero-order valence-corrected chi connectivity index (χ0v) is 27.8. The molecule has 3 aliphatic heterocycles. The maximum Gasteiger partial charge on any atom is 0.334 e. The number of aliphatic hydroxyl groups is 7. The maximum atomic E-state index is 11.6. The quantitative estimate of drug-likeness (QED) is 0.0457. The Morgan fingerprint density at radius 2 is 1.23 bits per heavy atom. The van der Waals surface area contributed by atoms with E-state index in [1.807, 2.05) is 6.92 Å². The minimum Gasteiger partial charge on any atom is -0.481 e. The molecule has 0 spiro atoms. The summed E-state index contributed by atoms with van der Waals surface area (Å²) in [6.45, 7) is 4.33. The number of ether oxygens (including phenoxy) is 5. The van der Waals surface area contributed by atoms with Crippen molar-refractivity contribution in [3.05, 3.63) is 12.2 Å². The smallest absolute Gasteiger partial charge is 0.334 e. The van der Waals surface area contributed by atoms with Gasteiger partial charge in [-0.15, -0.1) is 0 Å². The van der Waals surface area contributed by atoms with Crippen LogP contribution < -0.4 is 0 Å². The number of carbonyl (C=O) groups excluding carboxylic acids is 1. The lowest BCUT2D eigenvalue weighted by Crippen LogP contribution is -2.62. The van der Waals surface area contributed by atoms with Crippen molar-refractivity contribution < 1.29 is 74.1 Å². The van der Waals surface area contributed by atoms with Crippen LogP contribution in [0.15, 0.2) is 12.2 Å². The molecule has 15 nitrogen and oxygen atoms in total. The van der Waals surface area contributed by atoms with Crippen LogP contribution in [0.1, 0.15) is 90.4 Å². The molecule has 0 aromatic rings. The van der Waals surface area contributed by atoms with E-state index in [0.29, 0.717) is 12.8 Å². The summed E-state index contributed by atoms with van der Waals surface area (Å²) in [6, 6.07) is 0. The predicted molar refractivity (Wildman–Crippen MR) is 167 cm³/mol. The minimum atomic E-state index is -1.64. The second-order valence-electron chi connectivity index (χ2n) is 13.2. The molecule has 0 bridgehead atoms. The predicted octanol–water partition coefficient (Wildman–Crippen LogP) is 0.269. The van der Waals surface area contributed by atoms with Crippen molar-refractivity contribution in [2.75, 3.05) is 13.2 Å². The third-order valence-corrected chi connectivity index (χ3v) is 9.44. The molecule has 0 aromatic heterocycles. The van der Waals surface area contributed by atoms with Gasteiger partial charge in [-0.3, -0.25) is 4.79 Å². The van der Waals surface area contributed by atoms with Crippen LogP contribution in [-0.2, 0) is 33.3 Å². The van der Waals surface area contributed by atoms with Gasteiger partial charge in [0.1, 0.15) is 60.9 Å². The van der Waals surface area contributed by atoms with E-state index in [1.54, 1.807) is 0 Å². The number of aliphatic carboxylic acids is 1. The average Bonchev–Trinajstić information content (AvgIpc) is 3.34.